The van der Waals surface area contributed by atoms with Gasteiger partial charge in [0.05, 0.1) is 18.1 Å². The molecule has 14 heavy (non-hydrogen) atoms. The first-order valence-corrected chi connectivity index (χ1v) is 5.02. The van der Waals surface area contributed by atoms with E-state index in [9.17, 15) is 0 Å². The number of anilines is 2. The van der Waals surface area contributed by atoms with Crippen molar-refractivity contribution >= 4 is 11.6 Å². The van der Waals surface area contributed by atoms with Gasteiger partial charge in [-0.05, 0) is 19.3 Å². The molecule has 2 atom stereocenters. The minimum atomic E-state index is 0.527. The molecular weight excluding hydrogens is 176 g/mol. The summed E-state index contributed by atoms with van der Waals surface area (Å²) < 4.78 is 0. The van der Waals surface area contributed by atoms with E-state index < -0.39 is 0 Å². The molecule has 76 valence electrons. The van der Waals surface area contributed by atoms with Crippen LogP contribution in [0.2, 0.25) is 0 Å². The standard InChI is InChI=1S/C10H16N4/c1-7-3-4-14(8(7)2)10-12-5-9(11)6-13-10/h5-8H,3-4,11H2,1-2H3. The summed E-state index contributed by atoms with van der Waals surface area (Å²) in [5.74, 6) is 1.52. The molecule has 4 heteroatoms. The summed E-state index contributed by atoms with van der Waals surface area (Å²) in [6.45, 7) is 5.53. The number of nitrogens with two attached hydrogens (primary N) is 1. The third-order valence-corrected chi connectivity index (χ3v) is 3.06. The van der Waals surface area contributed by atoms with Crippen LogP contribution in [0.1, 0.15) is 20.3 Å². The summed E-state index contributed by atoms with van der Waals surface area (Å²) >= 11 is 0. The van der Waals surface area contributed by atoms with E-state index in [1.807, 2.05) is 0 Å². The lowest BCUT2D eigenvalue weighted by molar-refractivity contribution is 0.542. The maximum atomic E-state index is 5.54. The second-order valence-corrected chi connectivity index (χ2v) is 4.02. The van der Waals surface area contributed by atoms with Gasteiger partial charge in [-0.15, -0.1) is 0 Å². The lowest BCUT2D eigenvalue weighted by Crippen LogP contribution is -2.30. The first-order chi connectivity index (χ1) is 6.68. The number of nitrogen functional groups attached to an aromatic ring is 1. The molecule has 1 aliphatic rings. The zero-order valence-corrected chi connectivity index (χ0v) is 8.64. The Kier molecular flexibility index (Phi) is 2.27. The molecule has 2 heterocycles. The van der Waals surface area contributed by atoms with Crippen molar-refractivity contribution in [3.05, 3.63) is 12.4 Å². The van der Waals surface area contributed by atoms with E-state index in [0.717, 1.165) is 18.4 Å². The van der Waals surface area contributed by atoms with Gasteiger partial charge in [0.15, 0.2) is 0 Å². The zero-order chi connectivity index (χ0) is 10.1. The van der Waals surface area contributed by atoms with Crippen molar-refractivity contribution in [2.45, 2.75) is 26.3 Å². The summed E-state index contributed by atoms with van der Waals surface area (Å²) in [7, 11) is 0. The van der Waals surface area contributed by atoms with Crippen LogP contribution < -0.4 is 10.6 Å². The van der Waals surface area contributed by atoms with E-state index >= 15 is 0 Å². The summed E-state index contributed by atoms with van der Waals surface area (Å²) in [5, 5.41) is 0. The Morgan fingerprint density at radius 1 is 1.36 bits per heavy atom. The van der Waals surface area contributed by atoms with Gasteiger partial charge >= 0.3 is 0 Å². The Morgan fingerprint density at radius 2 is 2.00 bits per heavy atom. The smallest absolute Gasteiger partial charge is 0.225 e. The van der Waals surface area contributed by atoms with E-state index in [1.54, 1.807) is 12.4 Å². The Bertz CT molecular complexity index is 308. The molecule has 4 nitrogen and oxygen atoms in total. The summed E-state index contributed by atoms with van der Waals surface area (Å²) in [6.07, 6.45) is 4.55. The summed E-state index contributed by atoms with van der Waals surface area (Å²) in [5.41, 5.74) is 6.16. The van der Waals surface area contributed by atoms with Crippen LogP contribution in [-0.2, 0) is 0 Å². The largest absolute Gasteiger partial charge is 0.396 e. The van der Waals surface area contributed by atoms with Crippen LogP contribution in [0.15, 0.2) is 12.4 Å². The predicted molar refractivity (Wildman–Crippen MR) is 57.0 cm³/mol. The average molecular weight is 192 g/mol. The Balaban J connectivity index is 2.19. The Morgan fingerprint density at radius 3 is 2.50 bits per heavy atom. The van der Waals surface area contributed by atoms with E-state index in [2.05, 4.69) is 28.7 Å². The summed E-state index contributed by atoms with van der Waals surface area (Å²) in [4.78, 5) is 10.7. The number of aromatic nitrogens is 2. The fourth-order valence-electron chi connectivity index (χ4n) is 1.86. The lowest BCUT2D eigenvalue weighted by atomic mass is 10.1. The molecule has 0 amide bonds. The number of hydrogen-bond donors (Lipinski definition) is 1. The molecule has 0 aromatic carbocycles. The van der Waals surface area contributed by atoms with Gasteiger partial charge in [0.25, 0.3) is 0 Å². The molecule has 1 fully saturated rings. The summed E-state index contributed by atoms with van der Waals surface area (Å²) in [6, 6.07) is 0.527. The van der Waals surface area contributed by atoms with Gasteiger partial charge in [-0.1, -0.05) is 6.92 Å². The van der Waals surface area contributed by atoms with E-state index in [4.69, 9.17) is 5.73 Å². The van der Waals surface area contributed by atoms with Crippen LogP contribution in [-0.4, -0.2) is 22.6 Å². The molecule has 1 saturated heterocycles. The molecule has 0 radical (unpaired) electrons. The van der Waals surface area contributed by atoms with Crippen LogP contribution in [0.4, 0.5) is 11.6 Å². The molecule has 2 N–H and O–H groups in total. The topological polar surface area (TPSA) is 55.0 Å². The highest BCUT2D eigenvalue weighted by molar-refractivity contribution is 5.39. The number of hydrogen-bond acceptors (Lipinski definition) is 4. The quantitative estimate of drug-likeness (QED) is 0.728. The monoisotopic (exact) mass is 192 g/mol. The molecule has 2 unspecified atom stereocenters. The average Bonchev–Trinajstić information content (AvgIpc) is 2.50. The van der Waals surface area contributed by atoms with Crippen molar-refractivity contribution in [1.29, 1.82) is 0 Å². The van der Waals surface area contributed by atoms with Gasteiger partial charge in [-0.2, -0.15) is 0 Å². The SMILES string of the molecule is CC1CCN(c2ncc(N)cn2)C1C. The fraction of sp³-hybridized carbons (Fsp3) is 0.600. The van der Waals surface area contributed by atoms with Crippen molar-refractivity contribution in [3.63, 3.8) is 0 Å². The minimum Gasteiger partial charge on any atom is -0.396 e. The Labute approximate surface area is 84.2 Å². The molecular formula is C10H16N4. The molecule has 0 spiro atoms. The minimum absolute atomic E-state index is 0.527. The van der Waals surface area contributed by atoms with Crippen molar-refractivity contribution in [3.8, 4) is 0 Å². The number of nitrogens with zero attached hydrogens (tertiary/aromatic N) is 3. The van der Waals surface area contributed by atoms with E-state index in [1.165, 1.54) is 6.42 Å². The lowest BCUT2D eigenvalue weighted by Gasteiger charge is -2.22. The maximum Gasteiger partial charge on any atom is 0.225 e. The van der Waals surface area contributed by atoms with E-state index in [-0.39, 0.29) is 0 Å². The van der Waals surface area contributed by atoms with Gasteiger partial charge in [0.2, 0.25) is 5.95 Å². The van der Waals surface area contributed by atoms with Crippen molar-refractivity contribution in [1.82, 2.24) is 9.97 Å². The molecule has 0 saturated carbocycles. The van der Waals surface area contributed by atoms with Gasteiger partial charge in [0, 0.05) is 12.6 Å². The van der Waals surface area contributed by atoms with Gasteiger partial charge in [0.1, 0.15) is 0 Å². The first kappa shape index (κ1) is 9.24. The second kappa shape index (κ2) is 3.44. The highest BCUT2D eigenvalue weighted by Gasteiger charge is 2.28. The van der Waals surface area contributed by atoms with Gasteiger partial charge in [-0.25, -0.2) is 9.97 Å². The van der Waals surface area contributed by atoms with Crippen LogP contribution in [0.25, 0.3) is 0 Å². The van der Waals surface area contributed by atoms with Crippen molar-refractivity contribution in [2.24, 2.45) is 5.92 Å². The van der Waals surface area contributed by atoms with Crippen molar-refractivity contribution < 1.29 is 0 Å². The molecule has 1 aromatic heterocycles. The molecule has 0 aliphatic carbocycles. The molecule has 1 aromatic rings. The third kappa shape index (κ3) is 1.52. The normalized spacial score (nSPS) is 26.9. The van der Waals surface area contributed by atoms with Gasteiger partial charge < -0.3 is 10.6 Å². The van der Waals surface area contributed by atoms with Crippen LogP contribution in [0.3, 0.4) is 0 Å². The Hall–Kier alpha value is -1.32. The molecule has 2 rings (SSSR count). The van der Waals surface area contributed by atoms with Gasteiger partial charge in [-0.3, -0.25) is 0 Å². The first-order valence-electron chi connectivity index (χ1n) is 5.02. The van der Waals surface area contributed by atoms with Crippen LogP contribution in [0, 0.1) is 5.92 Å². The van der Waals surface area contributed by atoms with Crippen molar-refractivity contribution in [2.75, 3.05) is 17.2 Å². The van der Waals surface area contributed by atoms with Crippen LogP contribution >= 0.6 is 0 Å². The maximum absolute atomic E-state index is 5.54. The number of rotatable bonds is 1. The predicted octanol–water partition coefficient (Wildman–Crippen LogP) is 1.29. The van der Waals surface area contributed by atoms with E-state index in [0.29, 0.717) is 11.7 Å². The third-order valence-electron chi connectivity index (χ3n) is 3.06. The highest BCUT2D eigenvalue weighted by atomic mass is 15.3. The fourth-order valence-corrected chi connectivity index (χ4v) is 1.86. The van der Waals surface area contributed by atoms with Crippen LogP contribution in [0.5, 0.6) is 0 Å². The second-order valence-electron chi connectivity index (χ2n) is 4.02. The highest BCUT2D eigenvalue weighted by Crippen LogP contribution is 2.26. The molecule has 1 aliphatic heterocycles. The molecule has 0 bridgehead atoms. The zero-order valence-electron chi connectivity index (χ0n) is 8.64.